The third-order valence-corrected chi connectivity index (χ3v) is 2.00. The summed E-state index contributed by atoms with van der Waals surface area (Å²) in [6, 6.07) is 0. The van der Waals surface area contributed by atoms with Gasteiger partial charge in [-0.2, -0.15) is 0 Å². The molecule has 0 radical (unpaired) electrons. The average molecular weight is 178 g/mol. The Balaban J connectivity index is 2.91. The van der Waals surface area contributed by atoms with E-state index in [2.05, 4.69) is 15.0 Å². The highest BCUT2D eigenvalue weighted by atomic mass is 32.1. The van der Waals surface area contributed by atoms with Crippen molar-refractivity contribution in [1.29, 1.82) is 0 Å². The fourth-order valence-electron chi connectivity index (χ4n) is 0.949. The standard InChI is InChI=1S/C7H6N4S/c1-5-10-4-6-7(11(5)12)9-3-2-8-6/h2-4H,1H3. The summed E-state index contributed by atoms with van der Waals surface area (Å²) in [5.41, 5.74) is 1.40. The van der Waals surface area contributed by atoms with E-state index in [4.69, 9.17) is 12.8 Å². The highest BCUT2D eigenvalue weighted by Gasteiger charge is 2.04. The summed E-state index contributed by atoms with van der Waals surface area (Å²) in [6.07, 6.45) is 4.90. The highest BCUT2D eigenvalue weighted by molar-refractivity contribution is 7.51. The van der Waals surface area contributed by atoms with Crippen LogP contribution in [-0.2, 0) is 12.8 Å². The van der Waals surface area contributed by atoms with Gasteiger partial charge in [0.05, 0.1) is 6.20 Å². The number of hydrogen-bond donors (Lipinski definition) is 0. The number of hydrogen-bond acceptors (Lipinski definition) is 4. The molecule has 0 aliphatic rings. The molecule has 0 saturated heterocycles. The van der Waals surface area contributed by atoms with Gasteiger partial charge in [-0.3, -0.25) is 0 Å². The quantitative estimate of drug-likeness (QED) is 0.418. The van der Waals surface area contributed by atoms with Crippen molar-refractivity contribution in [2.75, 3.05) is 0 Å². The van der Waals surface area contributed by atoms with Gasteiger partial charge in [-0.05, 0) is 0 Å². The number of nitrogens with zero attached hydrogens (tertiary/aromatic N) is 4. The Kier molecular flexibility index (Phi) is 1.58. The van der Waals surface area contributed by atoms with Crippen LogP contribution >= 0.6 is 0 Å². The average Bonchev–Trinajstić information content (AvgIpc) is 2.12. The first-order valence-electron chi connectivity index (χ1n) is 3.45. The van der Waals surface area contributed by atoms with Gasteiger partial charge in [-0.1, -0.05) is 0 Å². The summed E-state index contributed by atoms with van der Waals surface area (Å²) in [5, 5.41) is 0. The molecule has 5 heteroatoms. The van der Waals surface area contributed by atoms with Gasteiger partial charge in [-0.15, -0.1) is 9.97 Å². The minimum Gasteiger partial charge on any atom is -0.595 e. The summed E-state index contributed by atoms with van der Waals surface area (Å²) in [6.45, 7) is 1.83. The van der Waals surface area contributed by atoms with Crippen LogP contribution in [0.2, 0.25) is 0 Å². The normalized spacial score (nSPS) is 10.4. The zero-order chi connectivity index (χ0) is 8.55. The second-order valence-corrected chi connectivity index (χ2v) is 2.73. The zero-order valence-corrected chi connectivity index (χ0v) is 7.25. The van der Waals surface area contributed by atoms with Crippen molar-refractivity contribution in [3.05, 3.63) is 24.4 Å². The second-order valence-electron chi connectivity index (χ2n) is 2.36. The maximum atomic E-state index is 5.05. The molecule has 0 aliphatic heterocycles. The van der Waals surface area contributed by atoms with Crippen molar-refractivity contribution >= 4 is 24.0 Å². The van der Waals surface area contributed by atoms with Gasteiger partial charge >= 0.3 is 0 Å². The molecule has 0 N–H and O–H groups in total. The molecule has 4 nitrogen and oxygen atoms in total. The van der Waals surface area contributed by atoms with Gasteiger partial charge < -0.3 is 16.8 Å². The molecule has 60 valence electrons. The minimum absolute atomic E-state index is 0.681. The Bertz CT molecular complexity index is 429. The Morgan fingerprint density at radius 1 is 1.25 bits per heavy atom. The van der Waals surface area contributed by atoms with Crippen molar-refractivity contribution < 1.29 is 3.97 Å². The molecule has 0 amide bonds. The van der Waals surface area contributed by atoms with Crippen molar-refractivity contribution in [2.45, 2.75) is 6.92 Å². The van der Waals surface area contributed by atoms with E-state index < -0.39 is 0 Å². The molecule has 12 heavy (non-hydrogen) atoms. The monoisotopic (exact) mass is 178 g/mol. The summed E-state index contributed by atoms with van der Waals surface area (Å²) in [7, 11) is 0. The van der Waals surface area contributed by atoms with Crippen molar-refractivity contribution in [3.63, 3.8) is 0 Å². The van der Waals surface area contributed by atoms with Gasteiger partial charge in [0.25, 0.3) is 5.65 Å². The predicted molar refractivity (Wildman–Crippen MR) is 45.0 cm³/mol. The van der Waals surface area contributed by atoms with Crippen LogP contribution in [-0.4, -0.2) is 15.0 Å². The lowest BCUT2D eigenvalue weighted by molar-refractivity contribution is -0.477. The molecule has 2 aromatic heterocycles. The summed E-state index contributed by atoms with van der Waals surface area (Å²) < 4.78 is 1.50. The van der Waals surface area contributed by atoms with Gasteiger partial charge in [0, 0.05) is 6.92 Å². The molecular formula is C7H6N4S. The van der Waals surface area contributed by atoms with Gasteiger partial charge in [0.1, 0.15) is 12.4 Å². The van der Waals surface area contributed by atoms with Crippen LogP contribution in [0.3, 0.4) is 0 Å². The molecule has 2 heterocycles. The largest absolute Gasteiger partial charge is 0.595 e. The molecule has 0 saturated carbocycles. The van der Waals surface area contributed by atoms with Crippen molar-refractivity contribution in [3.8, 4) is 0 Å². The van der Waals surface area contributed by atoms with E-state index in [1.165, 1.54) is 3.97 Å². The third-order valence-electron chi connectivity index (χ3n) is 1.57. The summed E-state index contributed by atoms with van der Waals surface area (Å²) in [5.74, 6) is 0.748. The molecular weight excluding hydrogens is 172 g/mol. The lowest BCUT2D eigenvalue weighted by Crippen LogP contribution is -2.33. The zero-order valence-electron chi connectivity index (χ0n) is 6.43. The number of rotatable bonds is 0. The van der Waals surface area contributed by atoms with Crippen LogP contribution in [0.15, 0.2) is 18.6 Å². The maximum absolute atomic E-state index is 5.05. The van der Waals surface area contributed by atoms with Crippen molar-refractivity contribution in [2.24, 2.45) is 0 Å². The van der Waals surface area contributed by atoms with E-state index in [1.54, 1.807) is 18.6 Å². The molecule has 0 bridgehead atoms. The van der Waals surface area contributed by atoms with E-state index in [1.807, 2.05) is 6.92 Å². The molecule has 0 fully saturated rings. The SMILES string of the molecule is Cc1ncc2nccnc2[n+]1[S-]. The van der Waals surface area contributed by atoms with Crippen LogP contribution in [0, 0.1) is 6.92 Å². The van der Waals surface area contributed by atoms with Crippen LogP contribution in [0.4, 0.5) is 0 Å². The first-order valence-corrected chi connectivity index (χ1v) is 3.81. The van der Waals surface area contributed by atoms with Crippen LogP contribution in [0.1, 0.15) is 5.82 Å². The van der Waals surface area contributed by atoms with E-state index >= 15 is 0 Å². The molecule has 0 atom stereocenters. The lowest BCUT2D eigenvalue weighted by Gasteiger charge is -2.06. The number of aromatic nitrogens is 4. The highest BCUT2D eigenvalue weighted by Crippen LogP contribution is 1.99. The topological polar surface area (TPSA) is 42.6 Å². The van der Waals surface area contributed by atoms with E-state index in [0.29, 0.717) is 5.65 Å². The first kappa shape index (κ1) is 7.30. The molecule has 2 aromatic rings. The molecule has 0 aliphatic carbocycles. The smallest absolute Gasteiger partial charge is 0.273 e. The maximum Gasteiger partial charge on any atom is 0.273 e. The molecule has 2 rings (SSSR count). The lowest BCUT2D eigenvalue weighted by atomic mass is 10.5. The van der Waals surface area contributed by atoms with Gasteiger partial charge in [-0.25, -0.2) is 4.98 Å². The van der Waals surface area contributed by atoms with Gasteiger partial charge in [0.2, 0.25) is 5.82 Å². The fraction of sp³-hybridized carbons (Fsp3) is 0.143. The Morgan fingerprint density at radius 3 is 2.83 bits per heavy atom. The van der Waals surface area contributed by atoms with E-state index in [-0.39, 0.29) is 0 Å². The third kappa shape index (κ3) is 0.984. The van der Waals surface area contributed by atoms with Crippen LogP contribution < -0.4 is 3.97 Å². The fourth-order valence-corrected chi connectivity index (χ4v) is 1.14. The molecule has 0 unspecified atom stereocenters. The number of aryl methyl sites for hydroxylation is 1. The van der Waals surface area contributed by atoms with E-state index in [0.717, 1.165) is 11.3 Å². The Labute approximate surface area is 74.9 Å². The van der Waals surface area contributed by atoms with Crippen LogP contribution in [0.5, 0.6) is 0 Å². The summed E-state index contributed by atoms with van der Waals surface area (Å²) >= 11 is 5.05. The Morgan fingerprint density at radius 2 is 2.00 bits per heavy atom. The first-order chi connectivity index (χ1) is 5.79. The summed E-state index contributed by atoms with van der Waals surface area (Å²) in [4.78, 5) is 12.2. The van der Waals surface area contributed by atoms with E-state index in [9.17, 15) is 0 Å². The predicted octanol–water partition coefficient (Wildman–Crippen LogP) is -0.0693. The van der Waals surface area contributed by atoms with Gasteiger partial charge in [0.15, 0.2) is 5.52 Å². The Hall–Kier alpha value is -1.36. The van der Waals surface area contributed by atoms with Crippen LogP contribution in [0.25, 0.3) is 11.2 Å². The number of fused-ring (bicyclic) bond motifs is 1. The molecule has 0 spiro atoms. The minimum atomic E-state index is 0.681. The van der Waals surface area contributed by atoms with Crippen molar-refractivity contribution in [1.82, 2.24) is 15.0 Å². The molecule has 0 aromatic carbocycles. The second kappa shape index (κ2) is 2.60.